The molecule has 1 aliphatic heterocycles. The molecule has 2 aromatic carbocycles. The summed E-state index contributed by atoms with van der Waals surface area (Å²) in [7, 11) is 1.67. The van der Waals surface area contributed by atoms with Gasteiger partial charge in [0.2, 0.25) is 5.91 Å². The molecule has 1 amide bonds. The highest BCUT2D eigenvalue weighted by Gasteiger charge is 2.31. The third-order valence-electron chi connectivity index (χ3n) is 4.71. The molecule has 0 spiro atoms. The molecule has 0 aliphatic carbocycles. The first-order chi connectivity index (χ1) is 13.1. The van der Waals surface area contributed by atoms with Crippen LogP contribution in [0.3, 0.4) is 0 Å². The van der Waals surface area contributed by atoms with E-state index in [1.54, 1.807) is 18.9 Å². The van der Waals surface area contributed by atoms with Gasteiger partial charge in [0.1, 0.15) is 11.6 Å². The SMILES string of the molecule is COc1ccccc1[C@H]1SCC(=O)Nc2c1c(C)nn2-c1ccc(C)cc1. The minimum atomic E-state index is -0.0331. The number of carbonyl (C=O) groups is 1. The number of methoxy groups -OCH3 is 1. The van der Waals surface area contributed by atoms with E-state index in [-0.39, 0.29) is 11.2 Å². The van der Waals surface area contributed by atoms with Crippen molar-refractivity contribution >= 4 is 23.5 Å². The third-order valence-corrected chi connectivity index (χ3v) is 5.96. The number of thioether (sulfide) groups is 1. The maximum absolute atomic E-state index is 12.4. The molecular weight excluding hydrogens is 358 g/mol. The molecule has 4 rings (SSSR count). The van der Waals surface area contributed by atoms with Crippen molar-refractivity contribution in [2.24, 2.45) is 0 Å². The van der Waals surface area contributed by atoms with Gasteiger partial charge in [0.25, 0.3) is 0 Å². The number of hydrogen-bond donors (Lipinski definition) is 1. The Kier molecular flexibility index (Phi) is 4.66. The van der Waals surface area contributed by atoms with E-state index < -0.39 is 0 Å². The number of hydrogen-bond acceptors (Lipinski definition) is 4. The van der Waals surface area contributed by atoms with Gasteiger partial charge in [-0.05, 0) is 32.0 Å². The largest absolute Gasteiger partial charge is 0.496 e. The zero-order valence-electron chi connectivity index (χ0n) is 15.5. The van der Waals surface area contributed by atoms with E-state index in [9.17, 15) is 4.79 Å². The molecule has 1 aromatic heterocycles. The molecule has 5 nitrogen and oxygen atoms in total. The van der Waals surface area contributed by atoms with Crippen molar-refractivity contribution in [2.45, 2.75) is 19.1 Å². The van der Waals surface area contributed by atoms with Crippen LogP contribution < -0.4 is 10.1 Å². The molecule has 0 bridgehead atoms. The van der Waals surface area contributed by atoms with Crippen LogP contribution in [0.2, 0.25) is 0 Å². The molecule has 1 atom stereocenters. The Morgan fingerprint density at radius 3 is 2.63 bits per heavy atom. The zero-order valence-corrected chi connectivity index (χ0v) is 16.3. The fourth-order valence-electron chi connectivity index (χ4n) is 3.39. The lowest BCUT2D eigenvalue weighted by molar-refractivity contribution is -0.113. The average molecular weight is 379 g/mol. The van der Waals surface area contributed by atoms with Crippen molar-refractivity contribution in [2.75, 3.05) is 18.2 Å². The molecule has 1 aliphatic rings. The van der Waals surface area contributed by atoms with Gasteiger partial charge in [0, 0.05) is 11.1 Å². The second-order valence-electron chi connectivity index (χ2n) is 6.58. The second-order valence-corrected chi connectivity index (χ2v) is 7.67. The van der Waals surface area contributed by atoms with Crippen LogP contribution in [0.5, 0.6) is 5.75 Å². The molecule has 6 heteroatoms. The van der Waals surface area contributed by atoms with Gasteiger partial charge in [-0.1, -0.05) is 35.9 Å². The van der Waals surface area contributed by atoms with Crippen LogP contribution in [0, 0.1) is 13.8 Å². The van der Waals surface area contributed by atoms with E-state index in [2.05, 4.69) is 18.3 Å². The van der Waals surface area contributed by atoms with E-state index in [0.29, 0.717) is 5.75 Å². The molecule has 138 valence electrons. The smallest absolute Gasteiger partial charge is 0.235 e. The number of nitrogens with zero attached hydrogens (tertiary/aromatic N) is 2. The minimum absolute atomic E-state index is 0.0214. The number of benzene rings is 2. The van der Waals surface area contributed by atoms with Crippen molar-refractivity contribution < 1.29 is 9.53 Å². The van der Waals surface area contributed by atoms with Crippen molar-refractivity contribution in [1.82, 2.24) is 9.78 Å². The highest BCUT2D eigenvalue weighted by molar-refractivity contribution is 8.00. The predicted molar refractivity (Wildman–Crippen MR) is 109 cm³/mol. The van der Waals surface area contributed by atoms with Gasteiger partial charge in [-0.3, -0.25) is 4.79 Å². The number of aryl methyl sites for hydroxylation is 2. The summed E-state index contributed by atoms with van der Waals surface area (Å²) in [5.74, 6) is 1.91. The zero-order chi connectivity index (χ0) is 19.0. The highest BCUT2D eigenvalue weighted by Crippen LogP contribution is 2.46. The first-order valence-corrected chi connectivity index (χ1v) is 9.84. The fraction of sp³-hybridized carbons (Fsp3) is 0.238. The van der Waals surface area contributed by atoms with Crippen LogP contribution in [-0.2, 0) is 4.79 Å². The molecule has 2 heterocycles. The van der Waals surface area contributed by atoms with Crippen molar-refractivity contribution in [3.8, 4) is 11.4 Å². The third kappa shape index (κ3) is 3.21. The molecule has 0 saturated carbocycles. The summed E-state index contributed by atoms with van der Waals surface area (Å²) in [6, 6.07) is 16.1. The lowest BCUT2D eigenvalue weighted by atomic mass is 10.0. The van der Waals surface area contributed by atoms with Gasteiger partial charge < -0.3 is 10.1 Å². The Balaban J connectivity index is 1.90. The predicted octanol–water partition coefficient (Wildman–Crippen LogP) is 4.27. The lowest BCUT2D eigenvalue weighted by Gasteiger charge is -2.18. The summed E-state index contributed by atoms with van der Waals surface area (Å²) >= 11 is 1.60. The topological polar surface area (TPSA) is 56.1 Å². The minimum Gasteiger partial charge on any atom is -0.496 e. The molecule has 3 aromatic rings. The normalized spacial score (nSPS) is 16.4. The van der Waals surface area contributed by atoms with E-state index >= 15 is 0 Å². The molecule has 0 unspecified atom stereocenters. The Morgan fingerprint density at radius 1 is 1.15 bits per heavy atom. The molecule has 0 fully saturated rings. The Hall–Kier alpha value is -2.73. The van der Waals surface area contributed by atoms with E-state index in [0.717, 1.165) is 34.1 Å². The number of amides is 1. The van der Waals surface area contributed by atoms with Gasteiger partial charge in [0.05, 0.1) is 29.5 Å². The highest BCUT2D eigenvalue weighted by atomic mass is 32.2. The van der Waals surface area contributed by atoms with Crippen molar-refractivity contribution in [3.05, 3.63) is 70.9 Å². The van der Waals surface area contributed by atoms with Crippen molar-refractivity contribution in [3.63, 3.8) is 0 Å². The van der Waals surface area contributed by atoms with Gasteiger partial charge in [-0.25, -0.2) is 4.68 Å². The number of rotatable bonds is 3. The molecular formula is C21H21N3O2S. The van der Waals surface area contributed by atoms with E-state index in [1.807, 2.05) is 54.1 Å². The van der Waals surface area contributed by atoms with Gasteiger partial charge in [0.15, 0.2) is 0 Å². The maximum Gasteiger partial charge on any atom is 0.235 e. The standard InChI is InChI=1S/C21H21N3O2S/c1-13-8-10-15(11-9-13)24-21-19(14(2)23-24)20(27-12-18(25)22-21)16-6-4-5-7-17(16)26-3/h4-11,20H,12H2,1-3H3,(H,22,25)/t20-/m1/s1. The quantitative estimate of drug-likeness (QED) is 0.738. The summed E-state index contributed by atoms with van der Waals surface area (Å²) in [6.45, 7) is 4.04. The number of nitrogens with one attached hydrogen (secondary N) is 1. The Bertz CT molecular complexity index is 995. The molecule has 0 radical (unpaired) electrons. The van der Waals surface area contributed by atoms with Crippen LogP contribution >= 0.6 is 11.8 Å². The van der Waals surface area contributed by atoms with Crippen LogP contribution in [0.1, 0.15) is 27.6 Å². The number of ether oxygens (including phenoxy) is 1. The van der Waals surface area contributed by atoms with Crippen LogP contribution in [0.4, 0.5) is 5.82 Å². The van der Waals surface area contributed by atoms with E-state index in [4.69, 9.17) is 9.84 Å². The Morgan fingerprint density at radius 2 is 1.89 bits per heavy atom. The summed E-state index contributed by atoms with van der Waals surface area (Å²) in [5.41, 5.74) is 5.08. The molecule has 0 saturated heterocycles. The number of carbonyl (C=O) groups excluding carboxylic acids is 1. The maximum atomic E-state index is 12.4. The van der Waals surface area contributed by atoms with Crippen LogP contribution in [0.15, 0.2) is 48.5 Å². The van der Waals surface area contributed by atoms with Gasteiger partial charge >= 0.3 is 0 Å². The summed E-state index contributed by atoms with van der Waals surface area (Å²) in [4.78, 5) is 12.4. The number of anilines is 1. The van der Waals surface area contributed by atoms with Crippen LogP contribution in [0.25, 0.3) is 5.69 Å². The molecule has 1 N–H and O–H groups in total. The number of fused-ring (bicyclic) bond motifs is 1. The first kappa shape index (κ1) is 17.7. The number of aromatic nitrogens is 2. The van der Waals surface area contributed by atoms with Gasteiger partial charge in [-0.2, -0.15) is 5.10 Å². The lowest BCUT2D eigenvalue weighted by Crippen LogP contribution is -2.15. The second kappa shape index (κ2) is 7.12. The number of para-hydroxylation sites is 1. The van der Waals surface area contributed by atoms with Crippen molar-refractivity contribution in [1.29, 1.82) is 0 Å². The summed E-state index contributed by atoms with van der Waals surface area (Å²) in [5, 5.41) is 7.78. The monoisotopic (exact) mass is 379 g/mol. The first-order valence-electron chi connectivity index (χ1n) is 8.79. The van der Waals surface area contributed by atoms with E-state index in [1.165, 1.54) is 5.56 Å². The fourth-order valence-corrected chi connectivity index (χ4v) is 4.60. The summed E-state index contributed by atoms with van der Waals surface area (Å²) in [6.07, 6.45) is 0. The van der Waals surface area contributed by atoms with Crippen LogP contribution in [-0.4, -0.2) is 28.6 Å². The van der Waals surface area contributed by atoms with Gasteiger partial charge in [-0.15, -0.1) is 11.8 Å². The summed E-state index contributed by atoms with van der Waals surface area (Å²) < 4.78 is 7.41. The average Bonchev–Trinajstić information content (AvgIpc) is 2.88. The Labute approximate surface area is 162 Å². The molecule has 27 heavy (non-hydrogen) atoms.